The van der Waals surface area contributed by atoms with Crippen LogP contribution in [-0.2, 0) is 4.74 Å². The van der Waals surface area contributed by atoms with Crippen LogP contribution in [0.1, 0.15) is 50.4 Å². The van der Waals surface area contributed by atoms with Gasteiger partial charge in [0.1, 0.15) is 0 Å². The Kier molecular flexibility index (Phi) is 2.88. The number of nitrogens with zero attached hydrogens (tertiary/aromatic N) is 3. The molecule has 0 bridgehead atoms. The summed E-state index contributed by atoms with van der Waals surface area (Å²) in [6.07, 6.45) is 2.71. The van der Waals surface area contributed by atoms with E-state index in [0.29, 0.717) is 5.92 Å². The Morgan fingerprint density at radius 3 is 2.94 bits per heavy atom. The van der Waals surface area contributed by atoms with Crippen LogP contribution < -0.4 is 0 Å². The topological polar surface area (TPSA) is 51.4 Å². The van der Waals surface area contributed by atoms with Crippen LogP contribution in [0, 0.1) is 0 Å². The number of hydrogen-bond acceptors (Lipinski definition) is 5. The van der Waals surface area contributed by atoms with E-state index in [1.165, 1.54) is 12.8 Å². The molecular weight excluding hydrogens is 218 g/mol. The van der Waals surface area contributed by atoms with Gasteiger partial charge in [0, 0.05) is 19.0 Å². The number of morpholine rings is 1. The summed E-state index contributed by atoms with van der Waals surface area (Å²) in [7, 11) is 0. The molecule has 1 aromatic heterocycles. The maximum absolute atomic E-state index is 5.54. The highest BCUT2D eigenvalue weighted by atomic mass is 16.5. The summed E-state index contributed by atoms with van der Waals surface area (Å²) in [6, 6.07) is 0.196. The molecular formula is C12H19N3O2. The normalized spacial score (nSPS) is 28.2. The number of hydrogen-bond donors (Lipinski definition) is 0. The lowest BCUT2D eigenvalue weighted by atomic mass is 10.2. The Bertz CT molecular complexity index is 389. The van der Waals surface area contributed by atoms with E-state index >= 15 is 0 Å². The van der Waals surface area contributed by atoms with Crippen molar-refractivity contribution in [2.75, 3.05) is 19.7 Å². The zero-order chi connectivity index (χ0) is 11.8. The Morgan fingerprint density at radius 1 is 1.41 bits per heavy atom. The Hall–Kier alpha value is -0.940. The molecule has 2 atom stereocenters. The average molecular weight is 237 g/mol. The van der Waals surface area contributed by atoms with Crippen LogP contribution in [0.15, 0.2) is 4.52 Å². The Labute approximate surface area is 101 Å². The fourth-order valence-electron chi connectivity index (χ4n) is 2.28. The molecule has 5 heteroatoms. The van der Waals surface area contributed by atoms with Gasteiger partial charge in [0.05, 0.1) is 18.8 Å². The minimum absolute atomic E-state index is 0.196. The second-order valence-electron chi connectivity index (χ2n) is 5.12. The van der Waals surface area contributed by atoms with Crippen molar-refractivity contribution in [3.63, 3.8) is 0 Å². The molecule has 5 nitrogen and oxygen atoms in total. The van der Waals surface area contributed by atoms with E-state index in [1.54, 1.807) is 0 Å². The average Bonchev–Trinajstić information content (AvgIpc) is 3.07. The largest absolute Gasteiger partial charge is 0.376 e. The molecule has 3 rings (SSSR count). The van der Waals surface area contributed by atoms with Crippen LogP contribution in [0.2, 0.25) is 0 Å². The number of aromatic nitrogens is 2. The van der Waals surface area contributed by atoms with Crippen LogP contribution in [0.3, 0.4) is 0 Å². The smallest absolute Gasteiger partial charge is 0.243 e. The molecule has 0 aromatic carbocycles. The van der Waals surface area contributed by atoms with E-state index in [9.17, 15) is 0 Å². The van der Waals surface area contributed by atoms with Gasteiger partial charge in [-0.25, -0.2) is 0 Å². The summed E-state index contributed by atoms with van der Waals surface area (Å²) in [5, 5.41) is 4.07. The van der Waals surface area contributed by atoms with Crippen molar-refractivity contribution < 1.29 is 9.26 Å². The first kappa shape index (κ1) is 11.2. The lowest BCUT2D eigenvalue weighted by molar-refractivity contribution is -0.0361. The van der Waals surface area contributed by atoms with Gasteiger partial charge in [-0.2, -0.15) is 4.98 Å². The lowest BCUT2D eigenvalue weighted by Crippen LogP contribution is -2.42. The van der Waals surface area contributed by atoms with Crippen molar-refractivity contribution in [1.29, 1.82) is 0 Å². The Morgan fingerprint density at radius 2 is 2.24 bits per heavy atom. The van der Waals surface area contributed by atoms with E-state index in [1.807, 2.05) is 0 Å². The molecule has 1 aromatic rings. The zero-order valence-electron chi connectivity index (χ0n) is 10.4. The van der Waals surface area contributed by atoms with Crippen molar-refractivity contribution >= 4 is 0 Å². The summed E-state index contributed by atoms with van der Waals surface area (Å²) < 4.78 is 10.9. The third-order valence-electron chi connectivity index (χ3n) is 3.58. The monoisotopic (exact) mass is 237 g/mol. The molecule has 2 fully saturated rings. The van der Waals surface area contributed by atoms with Gasteiger partial charge in [0.25, 0.3) is 0 Å². The molecule has 1 saturated heterocycles. The molecule has 1 saturated carbocycles. The highest BCUT2D eigenvalue weighted by molar-refractivity contribution is 5.04. The van der Waals surface area contributed by atoms with Crippen LogP contribution in [0.5, 0.6) is 0 Å². The van der Waals surface area contributed by atoms with Crippen molar-refractivity contribution in [2.24, 2.45) is 0 Å². The molecule has 2 heterocycles. The van der Waals surface area contributed by atoms with Crippen molar-refractivity contribution in [3.05, 3.63) is 11.7 Å². The molecule has 17 heavy (non-hydrogen) atoms. The van der Waals surface area contributed by atoms with Gasteiger partial charge in [-0.3, -0.25) is 4.90 Å². The van der Waals surface area contributed by atoms with Gasteiger partial charge in [0.2, 0.25) is 5.89 Å². The summed E-state index contributed by atoms with van der Waals surface area (Å²) in [4.78, 5) is 6.86. The molecule has 0 radical (unpaired) electrons. The zero-order valence-corrected chi connectivity index (χ0v) is 10.4. The highest BCUT2D eigenvalue weighted by Gasteiger charge is 2.31. The highest BCUT2D eigenvalue weighted by Crippen LogP contribution is 2.38. The summed E-state index contributed by atoms with van der Waals surface area (Å²) in [6.45, 7) is 6.88. The van der Waals surface area contributed by atoms with E-state index in [2.05, 4.69) is 28.9 Å². The third-order valence-corrected chi connectivity index (χ3v) is 3.58. The lowest BCUT2D eigenvalue weighted by Gasteiger charge is -2.33. The molecule has 1 aliphatic heterocycles. The SMILES string of the molecule is CC1CN(C(C)c2nc(C3CC3)no2)CCO1. The molecule has 2 unspecified atom stereocenters. The predicted molar refractivity (Wildman–Crippen MR) is 61.7 cm³/mol. The van der Waals surface area contributed by atoms with Gasteiger partial charge in [-0.1, -0.05) is 5.16 Å². The maximum Gasteiger partial charge on any atom is 0.243 e. The van der Waals surface area contributed by atoms with Crippen molar-refractivity contribution in [3.8, 4) is 0 Å². The number of rotatable bonds is 3. The summed E-state index contributed by atoms with van der Waals surface area (Å²) in [5.41, 5.74) is 0. The third kappa shape index (κ3) is 2.35. The fourth-order valence-corrected chi connectivity index (χ4v) is 2.28. The second kappa shape index (κ2) is 4.38. The molecule has 2 aliphatic rings. The van der Waals surface area contributed by atoms with Crippen molar-refractivity contribution in [2.45, 2.75) is 44.8 Å². The van der Waals surface area contributed by atoms with Gasteiger partial charge >= 0.3 is 0 Å². The quantitative estimate of drug-likeness (QED) is 0.801. The van der Waals surface area contributed by atoms with Crippen molar-refractivity contribution in [1.82, 2.24) is 15.0 Å². The Balaban J connectivity index is 1.68. The van der Waals surface area contributed by atoms with E-state index in [4.69, 9.17) is 9.26 Å². The van der Waals surface area contributed by atoms with Gasteiger partial charge in [-0.05, 0) is 26.7 Å². The molecule has 0 spiro atoms. The van der Waals surface area contributed by atoms with Crippen LogP contribution in [0.25, 0.3) is 0 Å². The van der Waals surface area contributed by atoms with Crippen LogP contribution in [-0.4, -0.2) is 40.8 Å². The summed E-state index contributed by atoms with van der Waals surface area (Å²) >= 11 is 0. The van der Waals surface area contributed by atoms with E-state index in [-0.39, 0.29) is 12.1 Å². The molecule has 1 aliphatic carbocycles. The molecule has 0 amide bonds. The first-order chi connectivity index (χ1) is 8.24. The molecule has 94 valence electrons. The predicted octanol–water partition coefficient (Wildman–Crippen LogP) is 1.73. The first-order valence-electron chi connectivity index (χ1n) is 6.43. The standard InChI is InChI=1S/C12H19N3O2/c1-8-7-15(5-6-16-8)9(2)12-13-11(14-17-12)10-3-4-10/h8-10H,3-7H2,1-2H3. The maximum atomic E-state index is 5.54. The summed E-state index contributed by atoms with van der Waals surface area (Å²) in [5.74, 6) is 2.21. The fraction of sp³-hybridized carbons (Fsp3) is 0.833. The first-order valence-corrected chi connectivity index (χ1v) is 6.43. The van der Waals surface area contributed by atoms with Gasteiger partial charge in [-0.15, -0.1) is 0 Å². The van der Waals surface area contributed by atoms with Gasteiger partial charge < -0.3 is 9.26 Å². The van der Waals surface area contributed by atoms with Gasteiger partial charge in [0.15, 0.2) is 5.82 Å². The van der Waals surface area contributed by atoms with Crippen LogP contribution >= 0.6 is 0 Å². The van der Waals surface area contributed by atoms with E-state index in [0.717, 1.165) is 31.4 Å². The van der Waals surface area contributed by atoms with Crippen LogP contribution in [0.4, 0.5) is 0 Å². The molecule has 0 N–H and O–H groups in total. The second-order valence-corrected chi connectivity index (χ2v) is 5.12. The van der Waals surface area contributed by atoms with E-state index < -0.39 is 0 Å². The minimum atomic E-state index is 0.196. The minimum Gasteiger partial charge on any atom is -0.376 e. The number of ether oxygens (including phenoxy) is 1.